The standard InChI is InChI=1S/C12H18N4/c1-8-13-5-4-12(14-8)16-11-6-9-2-3-10(7-11)15-9/h4-5,9-11,15H,2-3,6-7H2,1H3,(H,13,14,16). The Hall–Kier alpha value is -1.16. The number of hydrogen-bond acceptors (Lipinski definition) is 4. The summed E-state index contributed by atoms with van der Waals surface area (Å²) in [6.45, 7) is 1.93. The minimum absolute atomic E-state index is 0.577. The van der Waals surface area contributed by atoms with Gasteiger partial charge in [0, 0.05) is 24.3 Å². The Morgan fingerprint density at radius 3 is 2.75 bits per heavy atom. The van der Waals surface area contributed by atoms with Gasteiger partial charge in [-0.2, -0.15) is 0 Å². The van der Waals surface area contributed by atoms with Gasteiger partial charge in [-0.1, -0.05) is 0 Å². The molecule has 0 amide bonds. The summed E-state index contributed by atoms with van der Waals surface area (Å²) in [5.41, 5.74) is 0. The maximum Gasteiger partial charge on any atom is 0.129 e. The second-order valence-corrected chi connectivity index (χ2v) is 4.94. The predicted octanol–water partition coefficient (Wildman–Crippen LogP) is 1.48. The van der Waals surface area contributed by atoms with Crippen LogP contribution < -0.4 is 10.6 Å². The molecule has 1 aromatic rings. The van der Waals surface area contributed by atoms with E-state index < -0.39 is 0 Å². The van der Waals surface area contributed by atoms with Gasteiger partial charge in [0.25, 0.3) is 0 Å². The third-order valence-corrected chi connectivity index (χ3v) is 3.60. The number of hydrogen-bond donors (Lipinski definition) is 2. The molecule has 2 fully saturated rings. The summed E-state index contributed by atoms with van der Waals surface area (Å²) in [4.78, 5) is 8.51. The summed E-state index contributed by atoms with van der Waals surface area (Å²) in [5.74, 6) is 1.81. The lowest BCUT2D eigenvalue weighted by Gasteiger charge is -2.30. The first-order valence-corrected chi connectivity index (χ1v) is 6.12. The van der Waals surface area contributed by atoms with Gasteiger partial charge in [0.1, 0.15) is 11.6 Å². The Morgan fingerprint density at radius 1 is 1.31 bits per heavy atom. The molecule has 1 aromatic heterocycles. The highest BCUT2D eigenvalue weighted by molar-refractivity contribution is 5.34. The molecule has 2 atom stereocenters. The first-order valence-electron chi connectivity index (χ1n) is 6.12. The molecule has 0 aliphatic carbocycles. The van der Waals surface area contributed by atoms with E-state index >= 15 is 0 Å². The molecule has 0 spiro atoms. The van der Waals surface area contributed by atoms with Crippen LogP contribution in [0.2, 0.25) is 0 Å². The van der Waals surface area contributed by atoms with E-state index in [-0.39, 0.29) is 0 Å². The van der Waals surface area contributed by atoms with Gasteiger partial charge in [-0.3, -0.25) is 0 Å². The van der Waals surface area contributed by atoms with Crippen LogP contribution in [0.4, 0.5) is 5.82 Å². The third kappa shape index (κ3) is 2.02. The summed E-state index contributed by atoms with van der Waals surface area (Å²) >= 11 is 0. The zero-order valence-electron chi connectivity index (χ0n) is 9.61. The summed E-state index contributed by atoms with van der Waals surface area (Å²) in [6, 6.07) is 3.98. The van der Waals surface area contributed by atoms with E-state index in [0.717, 1.165) is 23.7 Å². The lowest BCUT2D eigenvalue weighted by molar-refractivity contribution is 0.377. The summed E-state index contributed by atoms with van der Waals surface area (Å²) in [7, 11) is 0. The molecule has 2 aliphatic rings. The van der Waals surface area contributed by atoms with Crippen LogP contribution in [-0.4, -0.2) is 28.1 Å². The van der Waals surface area contributed by atoms with Crippen molar-refractivity contribution in [2.24, 2.45) is 0 Å². The molecule has 2 bridgehead atoms. The SMILES string of the molecule is Cc1nccc(NC2CC3CCC(C2)N3)n1. The fourth-order valence-electron chi connectivity index (χ4n) is 2.92. The van der Waals surface area contributed by atoms with Gasteiger partial charge in [-0.05, 0) is 38.7 Å². The van der Waals surface area contributed by atoms with Gasteiger partial charge in [-0.25, -0.2) is 9.97 Å². The molecule has 16 heavy (non-hydrogen) atoms. The lowest BCUT2D eigenvalue weighted by atomic mass is 10.00. The molecule has 4 nitrogen and oxygen atoms in total. The maximum atomic E-state index is 4.40. The van der Waals surface area contributed by atoms with E-state index in [1.165, 1.54) is 25.7 Å². The third-order valence-electron chi connectivity index (χ3n) is 3.60. The van der Waals surface area contributed by atoms with Crippen LogP contribution >= 0.6 is 0 Å². The van der Waals surface area contributed by atoms with Gasteiger partial charge in [0.15, 0.2) is 0 Å². The highest BCUT2D eigenvalue weighted by atomic mass is 15.1. The Balaban J connectivity index is 1.67. The van der Waals surface area contributed by atoms with Gasteiger partial charge in [-0.15, -0.1) is 0 Å². The number of aryl methyl sites for hydroxylation is 1. The van der Waals surface area contributed by atoms with Crippen molar-refractivity contribution < 1.29 is 0 Å². The zero-order chi connectivity index (χ0) is 11.0. The highest BCUT2D eigenvalue weighted by Gasteiger charge is 2.33. The van der Waals surface area contributed by atoms with Crippen LogP contribution in [0.1, 0.15) is 31.5 Å². The fourth-order valence-corrected chi connectivity index (χ4v) is 2.92. The number of rotatable bonds is 2. The van der Waals surface area contributed by atoms with Crippen molar-refractivity contribution in [3.05, 3.63) is 18.1 Å². The molecule has 2 unspecified atom stereocenters. The Morgan fingerprint density at radius 2 is 2.06 bits per heavy atom. The van der Waals surface area contributed by atoms with E-state index in [4.69, 9.17) is 0 Å². The predicted molar refractivity (Wildman–Crippen MR) is 63.4 cm³/mol. The molecule has 3 heterocycles. The van der Waals surface area contributed by atoms with E-state index in [1.54, 1.807) is 0 Å². The van der Waals surface area contributed by atoms with Crippen molar-refractivity contribution in [3.8, 4) is 0 Å². The van der Waals surface area contributed by atoms with Crippen molar-refractivity contribution in [3.63, 3.8) is 0 Å². The first kappa shape index (κ1) is 10.0. The Labute approximate surface area is 95.9 Å². The summed E-state index contributed by atoms with van der Waals surface area (Å²) in [6.07, 6.45) is 6.94. The van der Waals surface area contributed by atoms with Gasteiger partial charge in [0.2, 0.25) is 0 Å². The van der Waals surface area contributed by atoms with Gasteiger partial charge in [0.05, 0.1) is 0 Å². The van der Waals surface area contributed by atoms with Gasteiger partial charge >= 0.3 is 0 Å². The van der Waals surface area contributed by atoms with Crippen LogP contribution in [0.5, 0.6) is 0 Å². The molecule has 4 heteroatoms. The Bertz CT molecular complexity index is 367. The van der Waals surface area contributed by atoms with E-state index in [1.807, 2.05) is 19.2 Å². The minimum Gasteiger partial charge on any atom is -0.367 e. The number of fused-ring (bicyclic) bond motifs is 2. The van der Waals surface area contributed by atoms with Crippen molar-refractivity contribution >= 4 is 5.82 Å². The van der Waals surface area contributed by atoms with Crippen molar-refractivity contribution in [1.29, 1.82) is 0 Å². The molecule has 0 saturated carbocycles. The van der Waals surface area contributed by atoms with Crippen LogP contribution in [0, 0.1) is 6.92 Å². The molecule has 2 aliphatic heterocycles. The summed E-state index contributed by atoms with van der Waals surface area (Å²) in [5, 5.41) is 7.18. The monoisotopic (exact) mass is 218 g/mol. The van der Waals surface area contributed by atoms with E-state index in [0.29, 0.717) is 6.04 Å². The van der Waals surface area contributed by atoms with Crippen LogP contribution in [0.15, 0.2) is 12.3 Å². The fraction of sp³-hybridized carbons (Fsp3) is 0.667. The van der Waals surface area contributed by atoms with Gasteiger partial charge < -0.3 is 10.6 Å². The quantitative estimate of drug-likeness (QED) is 0.789. The molecular formula is C12H18N4. The number of piperidine rings is 1. The minimum atomic E-state index is 0.577. The highest BCUT2D eigenvalue weighted by Crippen LogP contribution is 2.28. The van der Waals surface area contributed by atoms with E-state index in [2.05, 4.69) is 20.6 Å². The number of anilines is 1. The topological polar surface area (TPSA) is 49.8 Å². The number of nitrogens with one attached hydrogen (secondary N) is 2. The molecule has 0 radical (unpaired) electrons. The van der Waals surface area contributed by atoms with Crippen molar-refractivity contribution in [2.45, 2.75) is 50.7 Å². The molecule has 0 aromatic carbocycles. The van der Waals surface area contributed by atoms with Crippen LogP contribution in [0.3, 0.4) is 0 Å². The van der Waals surface area contributed by atoms with Crippen LogP contribution in [-0.2, 0) is 0 Å². The number of aromatic nitrogens is 2. The largest absolute Gasteiger partial charge is 0.367 e. The second kappa shape index (κ2) is 4.01. The molecule has 86 valence electrons. The summed E-state index contributed by atoms with van der Waals surface area (Å²) < 4.78 is 0. The van der Waals surface area contributed by atoms with E-state index in [9.17, 15) is 0 Å². The average molecular weight is 218 g/mol. The molecule has 3 rings (SSSR count). The van der Waals surface area contributed by atoms with Crippen LogP contribution in [0.25, 0.3) is 0 Å². The van der Waals surface area contributed by atoms with Crippen molar-refractivity contribution in [1.82, 2.24) is 15.3 Å². The molecule has 2 saturated heterocycles. The normalized spacial score (nSPS) is 32.7. The average Bonchev–Trinajstić information content (AvgIpc) is 2.58. The number of nitrogens with zero attached hydrogens (tertiary/aromatic N) is 2. The lowest BCUT2D eigenvalue weighted by Crippen LogP contribution is -2.43. The smallest absolute Gasteiger partial charge is 0.129 e. The molecule has 2 N–H and O–H groups in total. The first-order chi connectivity index (χ1) is 7.79. The zero-order valence-corrected chi connectivity index (χ0v) is 9.61. The van der Waals surface area contributed by atoms with Crippen molar-refractivity contribution in [2.75, 3.05) is 5.32 Å². The Kier molecular flexibility index (Phi) is 2.52. The second-order valence-electron chi connectivity index (χ2n) is 4.94. The molecular weight excluding hydrogens is 200 g/mol. The maximum absolute atomic E-state index is 4.40.